The van der Waals surface area contributed by atoms with Crippen LogP contribution >= 0.6 is 0 Å². The number of carbonyl (C=O) groups excluding carboxylic acids is 1. The Labute approximate surface area is 171 Å². The Morgan fingerprint density at radius 1 is 1.00 bits per heavy atom. The van der Waals surface area contributed by atoms with Gasteiger partial charge in [-0.3, -0.25) is 9.78 Å². The Morgan fingerprint density at radius 3 is 2.62 bits per heavy atom. The number of nitrogens with one attached hydrogen (secondary N) is 1. The van der Waals surface area contributed by atoms with E-state index in [0.29, 0.717) is 17.8 Å². The maximum atomic E-state index is 12.6. The Morgan fingerprint density at radius 2 is 1.79 bits per heavy atom. The molecular weight excluding hydrogens is 360 g/mol. The van der Waals surface area contributed by atoms with Crippen molar-refractivity contribution in [3.8, 4) is 11.1 Å². The summed E-state index contributed by atoms with van der Waals surface area (Å²) in [6.45, 7) is 3.89. The third-order valence-corrected chi connectivity index (χ3v) is 5.65. The second-order valence-electron chi connectivity index (χ2n) is 7.72. The Hall–Kier alpha value is -2.92. The monoisotopic (exact) mass is 388 g/mol. The highest BCUT2D eigenvalue weighted by molar-refractivity contribution is 5.97. The van der Waals surface area contributed by atoms with E-state index in [1.807, 2.05) is 42.5 Å². The molecule has 0 bridgehead atoms. The number of rotatable bonds is 5. The summed E-state index contributed by atoms with van der Waals surface area (Å²) in [5.41, 5.74) is 10.4. The van der Waals surface area contributed by atoms with Gasteiger partial charge < -0.3 is 16.0 Å². The molecule has 3 N–H and O–H groups in total. The van der Waals surface area contributed by atoms with E-state index in [1.165, 1.54) is 25.7 Å². The fraction of sp³-hybridized carbons (Fsp3) is 0.333. The summed E-state index contributed by atoms with van der Waals surface area (Å²) in [5.74, 6) is -0.0244. The molecule has 1 aromatic heterocycles. The first kappa shape index (κ1) is 19.4. The van der Waals surface area contributed by atoms with Gasteiger partial charge in [-0.1, -0.05) is 31.0 Å². The fourth-order valence-corrected chi connectivity index (χ4v) is 3.98. The highest BCUT2D eigenvalue weighted by Crippen LogP contribution is 2.27. The van der Waals surface area contributed by atoms with Crippen molar-refractivity contribution in [1.82, 2.24) is 15.2 Å². The van der Waals surface area contributed by atoms with E-state index in [9.17, 15) is 4.79 Å². The average Bonchev–Trinajstić information content (AvgIpc) is 3.03. The number of pyridine rings is 1. The predicted octanol–water partition coefficient (Wildman–Crippen LogP) is 4.09. The van der Waals surface area contributed by atoms with Crippen LogP contribution < -0.4 is 11.1 Å². The number of aromatic nitrogens is 1. The van der Waals surface area contributed by atoms with Crippen LogP contribution in [0.5, 0.6) is 0 Å². The summed E-state index contributed by atoms with van der Waals surface area (Å²) in [7, 11) is 0. The van der Waals surface area contributed by atoms with Crippen LogP contribution in [-0.4, -0.2) is 42.0 Å². The van der Waals surface area contributed by atoms with Gasteiger partial charge in [0, 0.05) is 35.9 Å². The molecule has 1 amide bonds. The molecule has 1 fully saturated rings. The number of likely N-dealkylation sites (tertiary alicyclic amines) is 1. The topological polar surface area (TPSA) is 71.2 Å². The van der Waals surface area contributed by atoms with E-state index in [2.05, 4.69) is 15.2 Å². The van der Waals surface area contributed by atoms with E-state index in [4.69, 9.17) is 5.73 Å². The van der Waals surface area contributed by atoms with Crippen LogP contribution in [0.15, 0.2) is 54.7 Å². The lowest BCUT2D eigenvalue weighted by Crippen LogP contribution is -2.35. The van der Waals surface area contributed by atoms with Gasteiger partial charge in [-0.25, -0.2) is 0 Å². The quantitative estimate of drug-likeness (QED) is 0.691. The summed E-state index contributed by atoms with van der Waals surface area (Å²) in [6.07, 6.45) is 6.90. The van der Waals surface area contributed by atoms with Crippen molar-refractivity contribution in [2.45, 2.75) is 25.7 Å². The second-order valence-corrected chi connectivity index (χ2v) is 7.72. The van der Waals surface area contributed by atoms with E-state index < -0.39 is 0 Å². The van der Waals surface area contributed by atoms with Crippen LogP contribution in [0.3, 0.4) is 0 Å². The van der Waals surface area contributed by atoms with Crippen molar-refractivity contribution in [3.63, 3.8) is 0 Å². The second kappa shape index (κ2) is 9.05. The Kier molecular flexibility index (Phi) is 6.06. The number of carbonyl (C=O) groups is 1. The molecule has 0 saturated carbocycles. The maximum absolute atomic E-state index is 12.6. The first-order chi connectivity index (χ1) is 14.2. The largest absolute Gasteiger partial charge is 0.398 e. The lowest BCUT2D eigenvalue weighted by Gasteiger charge is -2.19. The first-order valence-electron chi connectivity index (χ1n) is 10.5. The molecule has 1 aliphatic heterocycles. The zero-order valence-corrected chi connectivity index (χ0v) is 16.7. The van der Waals surface area contributed by atoms with Crippen molar-refractivity contribution < 1.29 is 4.79 Å². The van der Waals surface area contributed by atoms with Crippen LogP contribution in [0.2, 0.25) is 0 Å². The molecule has 0 aliphatic carbocycles. The zero-order chi connectivity index (χ0) is 20.1. The van der Waals surface area contributed by atoms with Crippen LogP contribution in [0.4, 0.5) is 5.69 Å². The minimum Gasteiger partial charge on any atom is -0.398 e. The number of nitrogens with zero attached hydrogens (tertiary/aromatic N) is 2. The number of hydrogen-bond acceptors (Lipinski definition) is 4. The lowest BCUT2D eigenvalue weighted by molar-refractivity contribution is 0.0948. The van der Waals surface area contributed by atoms with Crippen molar-refractivity contribution in [2.75, 3.05) is 31.9 Å². The van der Waals surface area contributed by atoms with E-state index in [-0.39, 0.29) is 5.91 Å². The predicted molar refractivity (Wildman–Crippen MR) is 119 cm³/mol. The maximum Gasteiger partial charge on any atom is 0.251 e. The minimum absolute atomic E-state index is 0.0244. The first-order valence-corrected chi connectivity index (χ1v) is 10.5. The standard InChI is InChI=1S/C24H28N4O/c25-22-10-11-26-23-9-8-19(17-21(22)23)18-6-5-7-20(16-18)24(29)27-12-15-28-13-3-1-2-4-14-28/h5-11,16-17H,1-4,12-15H2,(H2,25,26)(H,27,29). The molecule has 150 valence electrons. The number of nitrogen functional groups attached to an aromatic ring is 1. The fourth-order valence-electron chi connectivity index (χ4n) is 3.98. The number of fused-ring (bicyclic) bond motifs is 1. The summed E-state index contributed by atoms with van der Waals surface area (Å²) >= 11 is 0. The van der Waals surface area contributed by atoms with Gasteiger partial charge in [0.05, 0.1) is 5.52 Å². The van der Waals surface area contributed by atoms with Gasteiger partial charge >= 0.3 is 0 Å². The molecule has 5 heteroatoms. The van der Waals surface area contributed by atoms with Gasteiger partial charge in [0.15, 0.2) is 0 Å². The minimum atomic E-state index is -0.0244. The smallest absolute Gasteiger partial charge is 0.251 e. The highest BCUT2D eigenvalue weighted by atomic mass is 16.1. The van der Waals surface area contributed by atoms with Gasteiger partial charge in [-0.2, -0.15) is 0 Å². The summed E-state index contributed by atoms with van der Waals surface area (Å²) in [6, 6.07) is 15.6. The molecule has 0 atom stereocenters. The molecule has 2 aromatic carbocycles. The van der Waals surface area contributed by atoms with Crippen LogP contribution in [0.25, 0.3) is 22.0 Å². The highest BCUT2D eigenvalue weighted by Gasteiger charge is 2.11. The van der Waals surface area contributed by atoms with Gasteiger partial charge in [0.1, 0.15) is 0 Å². The average molecular weight is 389 g/mol. The third kappa shape index (κ3) is 4.74. The molecule has 2 heterocycles. The molecule has 0 unspecified atom stereocenters. The summed E-state index contributed by atoms with van der Waals surface area (Å²) in [5, 5.41) is 4.00. The van der Waals surface area contributed by atoms with Crippen LogP contribution in [0, 0.1) is 0 Å². The van der Waals surface area contributed by atoms with Crippen molar-refractivity contribution >= 4 is 22.5 Å². The Bertz CT molecular complexity index is 993. The van der Waals surface area contributed by atoms with Crippen molar-refractivity contribution in [1.29, 1.82) is 0 Å². The van der Waals surface area contributed by atoms with Gasteiger partial charge in [-0.15, -0.1) is 0 Å². The SMILES string of the molecule is Nc1ccnc2ccc(-c3cccc(C(=O)NCCN4CCCCCC4)c3)cc12. The molecule has 1 aliphatic rings. The van der Waals surface area contributed by atoms with E-state index in [0.717, 1.165) is 41.7 Å². The molecular formula is C24H28N4O. The number of hydrogen-bond donors (Lipinski definition) is 2. The molecule has 1 saturated heterocycles. The van der Waals surface area contributed by atoms with Gasteiger partial charge in [0.2, 0.25) is 0 Å². The normalized spacial score (nSPS) is 15.2. The van der Waals surface area contributed by atoms with E-state index in [1.54, 1.807) is 12.3 Å². The number of amides is 1. The van der Waals surface area contributed by atoms with Crippen molar-refractivity contribution in [2.24, 2.45) is 0 Å². The molecule has 0 radical (unpaired) electrons. The molecule has 4 rings (SSSR count). The molecule has 29 heavy (non-hydrogen) atoms. The summed E-state index contributed by atoms with van der Waals surface area (Å²) < 4.78 is 0. The molecule has 3 aromatic rings. The zero-order valence-electron chi connectivity index (χ0n) is 16.7. The van der Waals surface area contributed by atoms with Gasteiger partial charge in [-0.05, 0) is 67.4 Å². The number of nitrogens with two attached hydrogens (primary N) is 1. The molecule has 0 spiro atoms. The molecule has 5 nitrogen and oxygen atoms in total. The third-order valence-electron chi connectivity index (χ3n) is 5.65. The Balaban J connectivity index is 1.44. The van der Waals surface area contributed by atoms with Crippen LogP contribution in [0.1, 0.15) is 36.0 Å². The number of benzene rings is 2. The van der Waals surface area contributed by atoms with Crippen LogP contribution in [-0.2, 0) is 0 Å². The van der Waals surface area contributed by atoms with Crippen molar-refractivity contribution in [3.05, 3.63) is 60.3 Å². The van der Waals surface area contributed by atoms with E-state index >= 15 is 0 Å². The number of anilines is 1. The summed E-state index contributed by atoms with van der Waals surface area (Å²) in [4.78, 5) is 19.5. The lowest BCUT2D eigenvalue weighted by atomic mass is 10.0. The van der Waals surface area contributed by atoms with Gasteiger partial charge in [0.25, 0.3) is 5.91 Å².